The van der Waals surface area contributed by atoms with Crippen LogP contribution in [0.5, 0.6) is 34.5 Å². The van der Waals surface area contributed by atoms with Crippen LogP contribution in [0.4, 0.5) is 0 Å². The van der Waals surface area contributed by atoms with E-state index in [0.717, 1.165) is 17.2 Å². The van der Waals surface area contributed by atoms with Gasteiger partial charge in [-0.1, -0.05) is 18.2 Å². The average molecular weight is 697 g/mol. The van der Waals surface area contributed by atoms with Gasteiger partial charge in [0.25, 0.3) is 0 Å². The average Bonchev–Trinajstić information content (AvgIpc) is 3.46. The number of phenolic OH excluding ortho intramolecular Hbond substituents is 2. The molecule has 7 unspecified atom stereocenters. The molecule has 7 atom stereocenters. The van der Waals surface area contributed by atoms with Crippen molar-refractivity contribution >= 4 is 18.0 Å². The van der Waals surface area contributed by atoms with Crippen LogP contribution >= 0.6 is 0 Å². The van der Waals surface area contributed by atoms with E-state index in [9.17, 15) is 35.1 Å². The Bertz CT molecular complexity index is 1690. The molecule has 14 heteroatoms. The van der Waals surface area contributed by atoms with E-state index in [0.29, 0.717) is 29.9 Å². The quantitative estimate of drug-likeness (QED) is 0.0989. The standard InChI is InChI=1S/C36H40O14/c1-44-26-9-5-20(15-28(26)45-2)12-22-18-47-35(43)23(22)13-21-6-10-27(29(16-21)46-3)48-36-33(42)34(32(41)30(17-37)49-36)50-31(40)11-7-19-4-8-24(38)25(39)14-19/h4-11,14-16,22-23,30,32-34,36-39,41-42H,12-13,17-18H2,1-3H3. The van der Waals surface area contributed by atoms with Gasteiger partial charge in [0.05, 0.1) is 40.5 Å². The van der Waals surface area contributed by atoms with Crippen LogP contribution in [0.1, 0.15) is 16.7 Å². The molecule has 50 heavy (non-hydrogen) atoms. The van der Waals surface area contributed by atoms with Gasteiger partial charge in [0.1, 0.15) is 12.2 Å². The van der Waals surface area contributed by atoms with Crippen LogP contribution in [-0.4, -0.2) is 103 Å². The molecule has 2 aliphatic heterocycles. The van der Waals surface area contributed by atoms with E-state index in [-0.39, 0.29) is 41.5 Å². The summed E-state index contributed by atoms with van der Waals surface area (Å²) in [4.78, 5) is 25.4. The SMILES string of the molecule is COc1ccc(CC2COC(=O)C2Cc2ccc(OC3OC(CO)C(O)C(OC(=O)C=Cc4ccc(O)c(O)c4)C3O)c(OC)c2)cc1OC. The van der Waals surface area contributed by atoms with Gasteiger partial charge in [-0.25, -0.2) is 4.79 Å². The summed E-state index contributed by atoms with van der Waals surface area (Å²) < 4.78 is 38.6. The number of ether oxygens (including phenoxy) is 7. The predicted molar refractivity (Wildman–Crippen MR) is 175 cm³/mol. The lowest BCUT2D eigenvalue weighted by Crippen LogP contribution is -2.61. The third kappa shape index (κ3) is 8.22. The number of methoxy groups -OCH3 is 3. The maximum absolute atomic E-state index is 12.8. The molecule has 5 N–H and O–H groups in total. The lowest BCUT2D eigenvalue weighted by Gasteiger charge is -2.41. The van der Waals surface area contributed by atoms with Crippen molar-refractivity contribution in [3.8, 4) is 34.5 Å². The molecule has 0 aromatic heterocycles. The molecule has 2 aliphatic rings. The number of rotatable bonds is 13. The number of cyclic esters (lactones) is 1. The fourth-order valence-corrected chi connectivity index (χ4v) is 5.95. The van der Waals surface area contributed by atoms with Crippen molar-refractivity contribution in [3.05, 3.63) is 77.4 Å². The van der Waals surface area contributed by atoms with Gasteiger partial charge in [-0.15, -0.1) is 0 Å². The maximum atomic E-state index is 12.8. The van der Waals surface area contributed by atoms with Crippen molar-refractivity contribution in [1.29, 1.82) is 0 Å². The van der Waals surface area contributed by atoms with Crippen molar-refractivity contribution in [2.24, 2.45) is 11.8 Å². The lowest BCUT2D eigenvalue weighted by atomic mass is 9.85. The third-order valence-electron chi connectivity index (χ3n) is 8.67. The summed E-state index contributed by atoms with van der Waals surface area (Å²) in [6.07, 6.45) is -4.40. The van der Waals surface area contributed by atoms with Crippen molar-refractivity contribution in [1.82, 2.24) is 0 Å². The molecule has 3 aromatic carbocycles. The van der Waals surface area contributed by atoms with Crippen LogP contribution < -0.4 is 18.9 Å². The molecular weight excluding hydrogens is 656 g/mol. The minimum absolute atomic E-state index is 0.0992. The first-order valence-electron chi connectivity index (χ1n) is 15.8. The van der Waals surface area contributed by atoms with Gasteiger partial charge in [-0.2, -0.15) is 0 Å². The molecule has 268 valence electrons. The van der Waals surface area contributed by atoms with Gasteiger partial charge in [0, 0.05) is 12.0 Å². The Balaban J connectivity index is 1.27. The zero-order valence-corrected chi connectivity index (χ0v) is 27.6. The Morgan fingerprint density at radius 1 is 0.840 bits per heavy atom. The Morgan fingerprint density at radius 2 is 1.50 bits per heavy atom. The number of carbonyl (C=O) groups excluding carboxylic acids is 2. The van der Waals surface area contributed by atoms with Gasteiger partial charge in [0.15, 0.2) is 46.7 Å². The van der Waals surface area contributed by atoms with E-state index >= 15 is 0 Å². The van der Waals surface area contributed by atoms with Crippen LogP contribution in [0.15, 0.2) is 60.7 Å². The molecule has 5 rings (SSSR count). The topological polar surface area (TPSA) is 200 Å². The van der Waals surface area contributed by atoms with Crippen molar-refractivity contribution in [2.45, 2.75) is 43.5 Å². The normalized spacial score (nSPS) is 24.8. The van der Waals surface area contributed by atoms with E-state index in [1.165, 1.54) is 31.4 Å². The van der Waals surface area contributed by atoms with Gasteiger partial charge in [-0.05, 0) is 72.0 Å². The summed E-state index contributed by atoms with van der Waals surface area (Å²) in [6.45, 7) is -0.407. The molecule has 0 bridgehead atoms. The lowest BCUT2D eigenvalue weighted by molar-refractivity contribution is -0.280. The Kier molecular flexibility index (Phi) is 11.7. The highest BCUT2D eigenvalue weighted by Gasteiger charge is 2.48. The van der Waals surface area contributed by atoms with Crippen molar-refractivity contribution in [3.63, 3.8) is 0 Å². The summed E-state index contributed by atoms with van der Waals surface area (Å²) in [5, 5.41) is 50.8. The molecular formula is C36H40O14. The number of benzene rings is 3. The molecule has 0 amide bonds. The summed E-state index contributed by atoms with van der Waals surface area (Å²) in [5.41, 5.74) is 2.09. The fraction of sp³-hybridized carbons (Fsp3) is 0.389. The molecule has 0 spiro atoms. The number of hydrogen-bond donors (Lipinski definition) is 5. The molecule has 3 aromatic rings. The smallest absolute Gasteiger partial charge is 0.331 e. The van der Waals surface area contributed by atoms with E-state index in [1.54, 1.807) is 32.4 Å². The number of aromatic hydroxyl groups is 2. The molecule has 2 fully saturated rings. The minimum atomic E-state index is -1.70. The third-order valence-corrected chi connectivity index (χ3v) is 8.67. The second kappa shape index (κ2) is 16.1. The molecule has 2 saturated heterocycles. The first-order chi connectivity index (χ1) is 24.0. The first-order valence-corrected chi connectivity index (χ1v) is 15.8. The monoisotopic (exact) mass is 696 g/mol. The summed E-state index contributed by atoms with van der Waals surface area (Å²) in [7, 11) is 4.54. The summed E-state index contributed by atoms with van der Waals surface area (Å²) >= 11 is 0. The number of carbonyl (C=O) groups is 2. The van der Waals surface area contributed by atoms with Gasteiger partial charge in [0.2, 0.25) is 6.29 Å². The van der Waals surface area contributed by atoms with Crippen LogP contribution in [0.3, 0.4) is 0 Å². The molecule has 0 radical (unpaired) electrons. The maximum Gasteiger partial charge on any atom is 0.331 e. The second-order valence-electron chi connectivity index (χ2n) is 11.9. The van der Waals surface area contributed by atoms with E-state index in [2.05, 4.69) is 0 Å². The highest BCUT2D eigenvalue weighted by molar-refractivity contribution is 5.87. The highest BCUT2D eigenvalue weighted by Crippen LogP contribution is 2.36. The van der Waals surface area contributed by atoms with Gasteiger partial charge < -0.3 is 58.7 Å². The Hall–Kier alpha value is -5.02. The van der Waals surface area contributed by atoms with Gasteiger partial charge in [-0.3, -0.25) is 4.79 Å². The summed E-state index contributed by atoms with van der Waals surface area (Å²) in [5.74, 6) is -0.920. The van der Waals surface area contributed by atoms with E-state index in [1.807, 2.05) is 18.2 Å². The minimum Gasteiger partial charge on any atom is -0.504 e. The molecule has 0 aliphatic carbocycles. The van der Waals surface area contributed by atoms with Crippen molar-refractivity contribution < 1.29 is 68.3 Å². The largest absolute Gasteiger partial charge is 0.504 e. The number of hydrogen-bond acceptors (Lipinski definition) is 14. The van der Waals surface area contributed by atoms with E-state index < -0.39 is 49.2 Å². The molecule has 2 heterocycles. The summed E-state index contributed by atoms with van der Waals surface area (Å²) in [6, 6.07) is 14.5. The Labute approximate surface area is 288 Å². The van der Waals surface area contributed by atoms with Crippen LogP contribution in [0, 0.1) is 11.8 Å². The highest BCUT2D eigenvalue weighted by atomic mass is 16.7. The Morgan fingerprint density at radius 3 is 2.16 bits per heavy atom. The number of phenols is 2. The molecule has 14 nitrogen and oxygen atoms in total. The number of aliphatic hydroxyl groups is 3. The zero-order valence-electron chi connectivity index (χ0n) is 27.6. The van der Waals surface area contributed by atoms with Gasteiger partial charge >= 0.3 is 11.9 Å². The van der Waals surface area contributed by atoms with Crippen LogP contribution in [0.2, 0.25) is 0 Å². The van der Waals surface area contributed by atoms with Crippen molar-refractivity contribution in [2.75, 3.05) is 34.5 Å². The first kappa shape index (κ1) is 36.3. The fourth-order valence-electron chi connectivity index (χ4n) is 5.95. The zero-order chi connectivity index (χ0) is 35.9. The second-order valence-corrected chi connectivity index (χ2v) is 11.9. The number of aliphatic hydroxyl groups excluding tert-OH is 3. The molecule has 0 saturated carbocycles. The van der Waals surface area contributed by atoms with Crippen LogP contribution in [0.25, 0.3) is 6.08 Å². The number of esters is 2. The van der Waals surface area contributed by atoms with Crippen LogP contribution in [-0.2, 0) is 36.6 Å². The predicted octanol–water partition coefficient (Wildman–Crippen LogP) is 2.14. The van der Waals surface area contributed by atoms with E-state index in [4.69, 9.17) is 33.2 Å².